The van der Waals surface area contributed by atoms with E-state index in [1.807, 2.05) is 12.2 Å². The lowest BCUT2D eigenvalue weighted by atomic mass is 10.1. The van der Waals surface area contributed by atoms with E-state index in [1.165, 1.54) is 6.07 Å². The van der Waals surface area contributed by atoms with Gasteiger partial charge in [-0.3, -0.25) is 0 Å². The van der Waals surface area contributed by atoms with Crippen LogP contribution in [0.15, 0.2) is 29.4 Å². The summed E-state index contributed by atoms with van der Waals surface area (Å²) in [5.41, 5.74) is 9.63. The van der Waals surface area contributed by atoms with Gasteiger partial charge in [0.1, 0.15) is 5.82 Å². The molecule has 0 aromatic heterocycles. The Morgan fingerprint density at radius 3 is 3.00 bits per heavy atom. The maximum atomic E-state index is 12.9. The topological polar surface area (TPSA) is 48.8 Å². The highest BCUT2D eigenvalue weighted by Gasteiger charge is 1.95. The van der Waals surface area contributed by atoms with Gasteiger partial charge >= 0.3 is 0 Å². The molecule has 1 aromatic rings. The zero-order chi connectivity index (χ0) is 11.1. The molecule has 0 fully saturated rings. The van der Waals surface area contributed by atoms with E-state index < -0.39 is 0 Å². The van der Waals surface area contributed by atoms with Crippen LogP contribution in [0.4, 0.5) is 4.39 Å². The number of azide groups is 1. The molecule has 0 aliphatic rings. The third-order valence-electron chi connectivity index (χ3n) is 1.95. The van der Waals surface area contributed by atoms with Gasteiger partial charge in [0.2, 0.25) is 0 Å². The van der Waals surface area contributed by atoms with Crippen molar-refractivity contribution < 1.29 is 4.39 Å². The number of rotatable bonds is 4. The molecule has 0 N–H and O–H groups in total. The molecule has 1 rings (SSSR count). The quantitative estimate of drug-likeness (QED) is 0.310. The van der Waals surface area contributed by atoms with Crippen LogP contribution in [0.2, 0.25) is 0 Å². The molecule has 78 valence electrons. The van der Waals surface area contributed by atoms with Crippen molar-refractivity contribution >= 4 is 6.08 Å². The second-order valence-corrected chi connectivity index (χ2v) is 3.15. The Kier molecular flexibility index (Phi) is 4.38. The van der Waals surface area contributed by atoms with E-state index >= 15 is 0 Å². The van der Waals surface area contributed by atoms with Gasteiger partial charge in [-0.1, -0.05) is 23.3 Å². The summed E-state index contributed by atoms with van der Waals surface area (Å²) in [6, 6.07) is 4.94. The van der Waals surface area contributed by atoms with E-state index in [0.717, 1.165) is 5.56 Å². The van der Waals surface area contributed by atoms with Crippen LogP contribution in [0.3, 0.4) is 0 Å². The molecule has 0 spiro atoms. The molecule has 4 heteroatoms. The Morgan fingerprint density at radius 1 is 1.53 bits per heavy atom. The third kappa shape index (κ3) is 3.83. The molecule has 3 nitrogen and oxygen atoms in total. The van der Waals surface area contributed by atoms with Crippen LogP contribution >= 0.6 is 0 Å². The van der Waals surface area contributed by atoms with E-state index in [2.05, 4.69) is 10.0 Å². The van der Waals surface area contributed by atoms with Crippen molar-refractivity contribution in [3.8, 4) is 0 Å². The van der Waals surface area contributed by atoms with Crippen molar-refractivity contribution in [2.24, 2.45) is 5.11 Å². The lowest BCUT2D eigenvalue weighted by molar-refractivity contribution is 0.618. The monoisotopic (exact) mass is 205 g/mol. The van der Waals surface area contributed by atoms with Crippen LogP contribution in [0.5, 0.6) is 0 Å². The fourth-order valence-corrected chi connectivity index (χ4v) is 1.17. The van der Waals surface area contributed by atoms with Crippen molar-refractivity contribution in [2.45, 2.75) is 13.3 Å². The lowest BCUT2D eigenvalue weighted by Gasteiger charge is -1.97. The second-order valence-electron chi connectivity index (χ2n) is 3.15. The number of aryl methyl sites for hydroxylation is 1. The minimum atomic E-state index is -0.193. The molecular formula is C11H12FN3. The largest absolute Gasteiger partial charge is 0.207 e. The summed E-state index contributed by atoms with van der Waals surface area (Å²) in [5.74, 6) is -0.193. The molecule has 0 saturated carbocycles. The predicted molar refractivity (Wildman–Crippen MR) is 58.8 cm³/mol. The van der Waals surface area contributed by atoms with Gasteiger partial charge in [0.05, 0.1) is 0 Å². The number of hydrogen-bond acceptors (Lipinski definition) is 1. The van der Waals surface area contributed by atoms with Gasteiger partial charge in [-0.15, -0.1) is 0 Å². The van der Waals surface area contributed by atoms with E-state index in [1.54, 1.807) is 19.1 Å². The first-order chi connectivity index (χ1) is 7.24. The minimum absolute atomic E-state index is 0.193. The Balaban J connectivity index is 2.56. The summed E-state index contributed by atoms with van der Waals surface area (Å²) in [6.07, 6.45) is 4.49. The molecule has 0 aliphatic carbocycles. The smallest absolute Gasteiger partial charge is 0.126 e. The summed E-state index contributed by atoms with van der Waals surface area (Å²) in [5, 5.41) is 3.40. The summed E-state index contributed by atoms with van der Waals surface area (Å²) in [6.45, 7) is 2.18. The zero-order valence-corrected chi connectivity index (χ0v) is 8.52. The van der Waals surface area contributed by atoms with Crippen LogP contribution in [0.1, 0.15) is 17.5 Å². The maximum Gasteiger partial charge on any atom is 0.126 e. The minimum Gasteiger partial charge on any atom is -0.207 e. The van der Waals surface area contributed by atoms with Gasteiger partial charge in [-0.25, -0.2) is 4.39 Å². The van der Waals surface area contributed by atoms with Crippen LogP contribution in [-0.4, -0.2) is 6.54 Å². The normalized spacial score (nSPS) is 10.3. The van der Waals surface area contributed by atoms with Gasteiger partial charge in [-0.2, -0.15) is 0 Å². The summed E-state index contributed by atoms with van der Waals surface area (Å²) in [4.78, 5) is 2.65. The second kappa shape index (κ2) is 5.83. The number of benzene rings is 1. The van der Waals surface area contributed by atoms with E-state index in [-0.39, 0.29) is 5.82 Å². The molecule has 15 heavy (non-hydrogen) atoms. The van der Waals surface area contributed by atoms with Crippen molar-refractivity contribution in [3.05, 3.63) is 51.7 Å². The highest BCUT2D eigenvalue weighted by atomic mass is 19.1. The molecule has 0 bridgehead atoms. The Bertz CT molecular complexity index is 406. The first-order valence-corrected chi connectivity index (χ1v) is 4.67. The molecule has 0 saturated heterocycles. The van der Waals surface area contributed by atoms with Gasteiger partial charge in [-0.05, 0) is 42.1 Å². The first kappa shape index (κ1) is 11.3. The highest BCUT2D eigenvalue weighted by molar-refractivity contribution is 5.50. The summed E-state index contributed by atoms with van der Waals surface area (Å²) in [7, 11) is 0. The molecular weight excluding hydrogens is 193 g/mol. The summed E-state index contributed by atoms with van der Waals surface area (Å²) >= 11 is 0. The molecule has 0 unspecified atom stereocenters. The van der Waals surface area contributed by atoms with Crippen molar-refractivity contribution in [1.82, 2.24) is 0 Å². The first-order valence-electron chi connectivity index (χ1n) is 4.67. The zero-order valence-electron chi connectivity index (χ0n) is 8.52. The number of hydrogen-bond donors (Lipinski definition) is 0. The molecule has 1 aromatic carbocycles. The van der Waals surface area contributed by atoms with Crippen LogP contribution in [0, 0.1) is 12.7 Å². The Hall–Kier alpha value is -1.80. The molecule has 0 amide bonds. The SMILES string of the molecule is Cc1cc(C=CCCN=[N+]=[N-])ccc1F. The fourth-order valence-electron chi connectivity index (χ4n) is 1.17. The molecule has 0 aliphatic heterocycles. The Labute approximate surface area is 87.9 Å². The average Bonchev–Trinajstić information content (AvgIpc) is 2.23. The Morgan fingerprint density at radius 2 is 2.33 bits per heavy atom. The average molecular weight is 205 g/mol. The number of nitrogens with zero attached hydrogens (tertiary/aromatic N) is 3. The maximum absolute atomic E-state index is 12.9. The molecule has 0 atom stereocenters. The molecule has 0 radical (unpaired) electrons. The lowest BCUT2D eigenvalue weighted by Crippen LogP contribution is -1.82. The summed E-state index contributed by atoms with van der Waals surface area (Å²) < 4.78 is 12.9. The van der Waals surface area contributed by atoms with Crippen LogP contribution in [0.25, 0.3) is 16.5 Å². The van der Waals surface area contributed by atoms with Crippen molar-refractivity contribution in [1.29, 1.82) is 0 Å². The van der Waals surface area contributed by atoms with Gasteiger partial charge in [0, 0.05) is 11.5 Å². The van der Waals surface area contributed by atoms with E-state index in [0.29, 0.717) is 18.5 Å². The highest BCUT2D eigenvalue weighted by Crippen LogP contribution is 2.10. The van der Waals surface area contributed by atoms with Gasteiger partial charge < -0.3 is 0 Å². The fraction of sp³-hybridized carbons (Fsp3) is 0.273. The molecule has 0 heterocycles. The number of halogens is 1. The van der Waals surface area contributed by atoms with Crippen molar-refractivity contribution in [3.63, 3.8) is 0 Å². The van der Waals surface area contributed by atoms with E-state index in [9.17, 15) is 4.39 Å². The third-order valence-corrected chi connectivity index (χ3v) is 1.95. The standard InChI is InChI=1S/C11H12FN3/c1-9-8-10(5-6-11(9)12)4-2-3-7-14-15-13/h2,4-6,8H,3,7H2,1H3. The van der Waals surface area contributed by atoms with Crippen LogP contribution < -0.4 is 0 Å². The van der Waals surface area contributed by atoms with Gasteiger partial charge in [0.15, 0.2) is 0 Å². The predicted octanol–water partition coefficient (Wildman–Crippen LogP) is 3.85. The van der Waals surface area contributed by atoms with Gasteiger partial charge in [0.25, 0.3) is 0 Å². The van der Waals surface area contributed by atoms with Crippen molar-refractivity contribution in [2.75, 3.05) is 6.54 Å². The van der Waals surface area contributed by atoms with Crippen LogP contribution in [-0.2, 0) is 0 Å². The van der Waals surface area contributed by atoms with E-state index in [4.69, 9.17) is 5.53 Å².